The van der Waals surface area contributed by atoms with Gasteiger partial charge >= 0.3 is 0 Å². The van der Waals surface area contributed by atoms with Gasteiger partial charge in [0.25, 0.3) is 0 Å². The average Bonchev–Trinajstić information content (AvgIpc) is 3.34. The van der Waals surface area contributed by atoms with Crippen molar-refractivity contribution in [3.8, 4) is 0 Å². The molecule has 0 bridgehead atoms. The van der Waals surface area contributed by atoms with E-state index in [-0.39, 0.29) is 35.9 Å². The Bertz CT molecular complexity index is 686. The van der Waals surface area contributed by atoms with Crippen molar-refractivity contribution in [2.45, 2.75) is 32.2 Å². The van der Waals surface area contributed by atoms with Crippen LogP contribution in [0.3, 0.4) is 0 Å². The summed E-state index contributed by atoms with van der Waals surface area (Å²) in [5.41, 5.74) is 1.28. The Morgan fingerprint density at radius 3 is 2.82 bits per heavy atom. The highest BCUT2D eigenvalue weighted by molar-refractivity contribution is 14.0. The SMILES string of the molecule is CCC(=O)N1CCC(NC(=NC)NCC2CCN(c3cccc(Br)c3)C2)C1.I. The number of amides is 1. The molecule has 0 radical (unpaired) electrons. The standard InChI is InChI=1S/C20H30BrN5O.HI/c1-3-19(27)26-10-8-17(14-26)24-20(22-2)23-12-15-7-9-25(13-15)18-6-4-5-16(21)11-18;/h4-6,11,15,17H,3,7-10,12-14H2,1-2H3,(H2,22,23,24);1H. The molecule has 1 aromatic carbocycles. The quantitative estimate of drug-likeness (QED) is 0.328. The molecular weight excluding hydrogens is 533 g/mol. The van der Waals surface area contributed by atoms with Gasteiger partial charge in [0.2, 0.25) is 5.91 Å². The van der Waals surface area contributed by atoms with E-state index in [9.17, 15) is 4.79 Å². The van der Waals surface area contributed by atoms with Gasteiger partial charge in [-0.15, -0.1) is 24.0 Å². The number of nitrogens with one attached hydrogen (secondary N) is 2. The lowest BCUT2D eigenvalue weighted by molar-refractivity contribution is -0.129. The first-order chi connectivity index (χ1) is 13.1. The highest BCUT2D eigenvalue weighted by atomic mass is 127. The third-order valence-corrected chi connectivity index (χ3v) is 5.92. The van der Waals surface area contributed by atoms with Crippen molar-refractivity contribution in [2.75, 3.05) is 44.7 Å². The Labute approximate surface area is 193 Å². The molecule has 3 rings (SSSR count). The second-order valence-electron chi connectivity index (χ2n) is 7.36. The first-order valence-corrected chi connectivity index (χ1v) is 10.6. The fourth-order valence-electron chi connectivity index (χ4n) is 3.86. The van der Waals surface area contributed by atoms with Crippen LogP contribution in [-0.2, 0) is 4.79 Å². The molecule has 2 saturated heterocycles. The summed E-state index contributed by atoms with van der Waals surface area (Å²) in [5, 5.41) is 6.95. The molecule has 1 aromatic rings. The van der Waals surface area contributed by atoms with Crippen molar-refractivity contribution in [3.63, 3.8) is 0 Å². The number of anilines is 1. The van der Waals surface area contributed by atoms with Crippen LogP contribution in [-0.4, -0.2) is 62.6 Å². The first-order valence-electron chi connectivity index (χ1n) is 9.84. The minimum absolute atomic E-state index is 0. The Hall–Kier alpha value is -1.03. The highest BCUT2D eigenvalue weighted by Gasteiger charge is 2.27. The third-order valence-electron chi connectivity index (χ3n) is 5.43. The molecule has 0 saturated carbocycles. The van der Waals surface area contributed by atoms with Crippen molar-refractivity contribution < 1.29 is 4.79 Å². The fraction of sp³-hybridized carbons (Fsp3) is 0.600. The lowest BCUT2D eigenvalue weighted by Gasteiger charge is -2.21. The van der Waals surface area contributed by atoms with Gasteiger partial charge in [-0.2, -0.15) is 0 Å². The molecule has 2 fully saturated rings. The zero-order valence-electron chi connectivity index (χ0n) is 16.7. The maximum absolute atomic E-state index is 11.8. The van der Waals surface area contributed by atoms with Crippen molar-refractivity contribution >= 4 is 57.5 Å². The maximum atomic E-state index is 11.8. The van der Waals surface area contributed by atoms with E-state index in [0.717, 1.165) is 49.6 Å². The molecule has 0 spiro atoms. The summed E-state index contributed by atoms with van der Waals surface area (Å²) in [4.78, 5) is 20.6. The normalized spacial score (nSPS) is 22.2. The number of halogens is 2. The number of rotatable bonds is 5. The topological polar surface area (TPSA) is 60.0 Å². The second-order valence-corrected chi connectivity index (χ2v) is 8.27. The van der Waals surface area contributed by atoms with Crippen molar-refractivity contribution in [2.24, 2.45) is 10.9 Å². The Balaban J connectivity index is 0.00000280. The van der Waals surface area contributed by atoms with E-state index in [0.29, 0.717) is 12.3 Å². The van der Waals surface area contributed by atoms with Gasteiger partial charge in [-0.25, -0.2) is 0 Å². The summed E-state index contributed by atoms with van der Waals surface area (Å²) in [5.74, 6) is 1.68. The number of likely N-dealkylation sites (tertiary alicyclic amines) is 1. The molecule has 1 amide bonds. The fourth-order valence-corrected chi connectivity index (χ4v) is 4.25. The number of aliphatic imine (C=N–C) groups is 1. The van der Waals surface area contributed by atoms with Crippen LogP contribution in [0.15, 0.2) is 33.7 Å². The van der Waals surface area contributed by atoms with E-state index in [4.69, 9.17) is 0 Å². The first kappa shape index (κ1) is 23.3. The molecule has 2 atom stereocenters. The zero-order valence-corrected chi connectivity index (χ0v) is 20.6. The van der Waals surface area contributed by atoms with Gasteiger partial charge in [0, 0.05) is 62.4 Å². The maximum Gasteiger partial charge on any atom is 0.222 e. The van der Waals surface area contributed by atoms with E-state index >= 15 is 0 Å². The molecule has 2 aliphatic heterocycles. The molecular formula is C20H31BrIN5O. The van der Waals surface area contributed by atoms with Gasteiger partial charge in [-0.3, -0.25) is 9.79 Å². The number of nitrogens with zero attached hydrogens (tertiary/aromatic N) is 3. The molecule has 6 nitrogen and oxygen atoms in total. The molecule has 2 heterocycles. The number of guanidine groups is 1. The van der Waals surface area contributed by atoms with Crippen LogP contribution in [0.4, 0.5) is 5.69 Å². The summed E-state index contributed by atoms with van der Waals surface area (Å²) in [6.07, 6.45) is 2.74. The summed E-state index contributed by atoms with van der Waals surface area (Å²) in [6, 6.07) is 8.79. The van der Waals surface area contributed by atoms with Gasteiger partial charge < -0.3 is 20.4 Å². The Morgan fingerprint density at radius 2 is 2.11 bits per heavy atom. The van der Waals surface area contributed by atoms with Gasteiger partial charge in [0.1, 0.15) is 0 Å². The lowest BCUT2D eigenvalue weighted by atomic mass is 10.1. The second kappa shape index (κ2) is 11.2. The number of carbonyl (C=O) groups is 1. The van der Waals surface area contributed by atoms with Gasteiger partial charge in [-0.05, 0) is 37.0 Å². The van der Waals surface area contributed by atoms with Gasteiger partial charge in [0.05, 0.1) is 0 Å². The van der Waals surface area contributed by atoms with Crippen LogP contribution < -0.4 is 15.5 Å². The molecule has 2 N–H and O–H groups in total. The lowest BCUT2D eigenvalue weighted by Crippen LogP contribution is -2.46. The van der Waals surface area contributed by atoms with E-state index in [2.05, 4.69) is 60.7 Å². The summed E-state index contributed by atoms with van der Waals surface area (Å²) in [6.45, 7) is 6.59. The molecule has 28 heavy (non-hydrogen) atoms. The number of carbonyl (C=O) groups excluding carboxylic acids is 1. The smallest absolute Gasteiger partial charge is 0.222 e. The summed E-state index contributed by atoms with van der Waals surface area (Å²) in [7, 11) is 1.81. The van der Waals surface area contributed by atoms with E-state index in [1.54, 1.807) is 0 Å². The third kappa shape index (κ3) is 6.23. The molecule has 0 aromatic heterocycles. The van der Waals surface area contributed by atoms with Crippen LogP contribution in [0.2, 0.25) is 0 Å². The van der Waals surface area contributed by atoms with E-state index < -0.39 is 0 Å². The van der Waals surface area contributed by atoms with Gasteiger partial charge in [0.15, 0.2) is 5.96 Å². The summed E-state index contributed by atoms with van der Waals surface area (Å²) < 4.78 is 1.12. The number of hydrogen-bond donors (Lipinski definition) is 2. The van der Waals surface area contributed by atoms with Crippen molar-refractivity contribution in [1.82, 2.24) is 15.5 Å². The monoisotopic (exact) mass is 563 g/mol. The minimum atomic E-state index is 0. The van der Waals surface area contributed by atoms with Crippen molar-refractivity contribution in [3.05, 3.63) is 28.7 Å². The highest BCUT2D eigenvalue weighted by Crippen LogP contribution is 2.25. The summed E-state index contributed by atoms with van der Waals surface area (Å²) >= 11 is 3.56. The minimum Gasteiger partial charge on any atom is -0.371 e. The van der Waals surface area contributed by atoms with Crippen LogP contribution in [0, 0.1) is 5.92 Å². The zero-order chi connectivity index (χ0) is 19.2. The number of hydrogen-bond acceptors (Lipinski definition) is 3. The van der Waals surface area contributed by atoms with Crippen LogP contribution in [0.25, 0.3) is 0 Å². The average molecular weight is 564 g/mol. The molecule has 156 valence electrons. The Morgan fingerprint density at radius 1 is 1.29 bits per heavy atom. The largest absolute Gasteiger partial charge is 0.371 e. The molecule has 2 unspecified atom stereocenters. The van der Waals surface area contributed by atoms with Crippen molar-refractivity contribution in [1.29, 1.82) is 0 Å². The van der Waals surface area contributed by atoms with Gasteiger partial charge in [-0.1, -0.05) is 28.9 Å². The predicted molar refractivity (Wildman–Crippen MR) is 130 cm³/mol. The Kier molecular flexibility index (Phi) is 9.33. The van der Waals surface area contributed by atoms with Crippen LogP contribution in [0.1, 0.15) is 26.2 Å². The van der Waals surface area contributed by atoms with E-state index in [1.807, 2.05) is 18.9 Å². The molecule has 8 heteroatoms. The van der Waals surface area contributed by atoms with Crippen LogP contribution in [0.5, 0.6) is 0 Å². The molecule has 2 aliphatic rings. The van der Waals surface area contributed by atoms with E-state index in [1.165, 1.54) is 12.1 Å². The van der Waals surface area contributed by atoms with Crippen LogP contribution >= 0.6 is 39.9 Å². The molecule has 0 aliphatic carbocycles. The number of benzene rings is 1. The predicted octanol–water partition coefficient (Wildman–Crippen LogP) is 3.07.